The Morgan fingerprint density at radius 2 is 1.71 bits per heavy atom. The molecule has 2 aromatic rings. The third-order valence-corrected chi connectivity index (χ3v) is 6.52. The van der Waals surface area contributed by atoms with Crippen LogP contribution in [0.15, 0.2) is 30.3 Å². The predicted molar refractivity (Wildman–Crippen MR) is 89.5 cm³/mol. The van der Waals surface area contributed by atoms with Crippen molar-refractivity contribution in [1.29, 1.82) is 0 Å². The molecule has 0 aromatic heterocycles. The standard InChI is InChI=1S/C20H16O8/c21-8-4-5-11-15-13(8)16(24)17-18(25-17)20(15)27-10-3-1-2-7-9(22)6-12(23)19(26-11,28-20)14(7)10/h1-5,9,12,16-18,21-24H,6H2/t9-,12+,16+,17+,18+,19+,20-/m0/s1. The van der Waals surface area contributed by atoms with E-state index in [1.165, 1.54) is 6.07 Å². The fourth-order valence-electron chi connectivity index (χ4n) is 5.30. The Hall–Kier alpha value is -2.36. The Labute approximate surface area is 158 Å². The molecule has 3 aliphatic heterocycles. The van der Waals surface area contributed by atoms with Crippen LogP contribution in [0.2, 0.25) is 0 Å². The van der Waals surface area contributed by atoms with Crippen LogP contribution in [0.1, 0.15) is 40.9 Å². The second-order valence-corrected chi connectivity index (χ2v) is 7.97. The summed E-state index contributed by atoms with van der Waals surface area (Å²) >= 11 is 0. The van der Waals surface area contributed by atoms with Crippen LogP contribution >= 0.6 is 0 Å². The number of aromatic hydroxyl groups is 1. The summed E-state index contributed by atoms with van der Waals surface area (Å²) in [6.07, 6.45) is -4.26. The van der Waals surface area contributed by atoms with E-state index in [-0.39, 0.29) is 17.7 Å². The van der Waals surface area contributed by atoms with E-state index in [4.69, 9.17) is 18.9 Å². The number of aliphatic hydroxyl groups excluding tert-OH is 3. The van der Waals surface area contributed by atoms with Gasteiger partial charge in [0.05, 0.1) is 17.2 Å². The van der Waals surface area contributed by atoms with Crippen molar-refractivity contribution in [2.24, 2.45) is 0 Å². The summed E-state index contributed by atoms with van der Waals surface area (Å²) in [7, 11) is 0. The lowest BCUT2D eigenvalue weighted by Gasteiger charge is -2.56. The Morgan fingerprint density at radius 1 is 0.929 bits per heavy atom. The molecular weight excluding hydrogens is 368 g/mol. The molecule has 1 saturated heterocycles. The molecule has 2 bridgehead atoms. The van der Waals surface area contributed by atoms with Crippen molar-refractivity contribution < 1.29 is 39.4 Å². The maximum absolute atomic E-state index is 11.0. The summed E-state index contributed by atoms with van der Waals surface area (Å²) in [5.41, 5.74) is 1.65. The fraction of sp³-hybridized carbons (Fsp3) is 0.400. The third-order valence-electron chi connectivity index (χ3n) is 6.52. The van der Waals surface area contributed by atoms with Crippen molar-refractivity contribution in [3.05, 3.63) is 52.6 Å². The first-order valence-electron chi connectivity index (χ1n) is 9.24. The van der Waals surface area contributed by atoms with Crippen molar-refractivity contribution in [2.45, 2.75) is 48.5 Å². The molecule has 144 valence electrons. The van der Waals surface area contributed by atoms with E-state index in [0.717, 1.165) is 0 Å². The summed E-state index contributed by atoms with van der Waals surface area (Å²) < 4.78 is 24.6. The highest BCUT2D eigenvalue weighted by Gasteiger charge is 2.75. The molecule has 0 amide bonds. The zero-order valence-corrected chi connectivity index (χ0v) is 14.4. The Kier molecular flexibility index (Phi) is 2.47. The smallest absolute Gasteiger partial charge is 0.274 e. The van der Waals surface area contributed by atoms with Gasteiger partial charge in [-0.25, -0.2) is 0 Å². The minimum Gasteiger partial charge on any atom is -0.508 e. The first-order chi connectivity index (χ1) is 13.5. The number of rotatable bonds is 0. The summed E-state index contributed by atoms with van der Waals surface area (Å²) in [5, 5.41) is 42.5. The van der Waals surface area contributed by atoms with E-state index in [9.17, 15) is 20.4 Å². The summed E-state index contributed by atoms with van der Waals surface area (Å²) in [6, 6.07) is 8.24. The molecule has 1 fully saturated rings. The zero-order chi connectivity index (χ0) is 19.0. The molecule has 8 nitrogen and oxygen atoms in total. The van der Waals surface area contributed by atoms with E-state index in [2.05, 4.69) is 0 Å². The topological polar surface area (TPSA) is 121 Å². The van der Waals surface area contributed by atoms with E-state index < -0.39 is 42.1 Å². The van der Waals surface area contributed by atoms with Crippen LogP contribution in [0.5, 0.6) is 17.2 Å². The first-order valence-corrected chi connectivity index (χ1v) is 9.24. The lowest BCUT2D eigenvalue weighted by Crippen LogP contribution is -2.65. The second-order valence-electron chi connectivity index (χ2n) is 7.97. The van der Waals surface area contributed by atoms with Gasteiger partial charge in [-0.1, -0.05) is 12.1 Å². The van der Waals surface area contributed by atoms with Crippen LogP contribution in [0.25, 0.3) is 0 Å². The Morgan fingerprint density at radius 3 is 2.57 bits per heavy atom. The number of epoxide rings is 1. The van der Waals surface area contributed by atoms with Crippen LogP contribution in [0.4, 0.5) is 0 Å². The van der Waals surface area contributed by atoms with Gasteiger partial charge in [0.25, 0.3) is 11.6 Å². The van der Waals surface area contributed by atoms with Crippen molar-refractivity contribution in [2.75, 3.05) is 0 Å². The molecular formula is C20H16O8. The highest BCUT2D eigenvalue weighted by atomic mass is 16.8. The largest absolute Gasteiger partial charge is 0.508 e. The van der Waals surface area contributed by atoms with Crippen molar-refractivity contribution in [1.82, 2.24) is 0 Å². The van der Waals surface area contributed by atoms with Gasteiger partial charge in [-0.3, -0.25) is 4.74 Å². The number of phenolic OH excluding ortho intramolecular Hbond substituents is 1. The SMILES string of the molecule is Oc1ccc2c3c1[C@@H](O)[C@H]1O[C@H]1[C@]31Oc3cccc4c3[C@](O2)(O1)[C@H](O)C[C@@H]4O. The van der Waals surface area contributed by atoms with Crippen LogP contribution in [-0.2, 0) is 21.0 Å². The van der Waals surface area contributed by atoms with E-state index in [0.29, 0.717) is 28.2 Å². The van der Waals surface area contributed by atoms with Gasteiger partial charge in [0, 0.05) is 12.0 Å². The zero-order valence-electron chi connectivity index (χ0n) is 14.4. The quantitative estimate of drug-likeness (QED) is 0.493. The van der Waals surface area contributed by atoms with Crippen LogP contribution in [-0.4, -0.2) is 38.7 Å². The highest BCUT2D eigenvalue weighted by molar-refractivity contribution is 5.60. The van der Waals surface area contributed by atoms with E-state index in [1.807, 2.05) is 0 Å². The second kappa shape index (κ2) is 4.45. The molecule has 5 aliphatic rings. The molecule has 0 saturated carbocycles. The van der Waals surface area contributed by atoms with Crippen molar-refractivity contribution in [3.63, 3.8) is 0 Å². The maximum Gasteiger partial charge on any atom is 0.274 e. The summed E-state index contributed by atoms with van der Waals surface area (Å²) in [4.78, 5) is 0. The molecule has 0 radical (unpaired) electrons. The van der Waals surface area contributed by atoms with Gasteiger partial charge >= 0.3 is 0 Å². The molecule has 7 rings (SSSR count). The number of aliphatic hydroxyl groups is 3. The van der Waals surface area contributed by atoms with Crippen LogP contribution in [0.3, 0.4) is 0 Å². The normalized spacial score (nSPS) is 43.0. The maximum atomic E-state index is 11.0. The summed E-state index contributed by atoms with van der Waals surface area (Å²) in [5.74, 6) is -2.41. The van der Waals surface area contributed by atoms with E-state index in [1.54, 1.807) is 24.3 Å². The van der Waals surface area contributed by atoms with Gasteiger partial charge in [0.1, 0.15) is 35.6 Å². The molecule has 8 heteroatoms. The van der Waals surface area contributed by atoms with Gasteiger partial charge in [0.15, 0.2) is 6.10 Å². The average Bonchev–Trinajstić information content (AvgIpc) is 3.48. The van der Waals surface area contributed by atoms with Crippen molar-refractivity contribution >= 4 is 0 Å². The first kappa shape index (κ1) is 15.5. The van der Waals surface area contributed by atoms with Crippen LogP contribution in [0, 0.1) is 0 Å². The number of ether oxygens (including phenoxy) is 4. The molecule has 2 spiro atoms. The lowest BCUT2D eigenvalue weighted by molar-refractivity contribution is -0.393. The van der Waals surface area contributed by atoms with E-state index >= 15 is 0 Å². The molecule has 28 heavy (non-hydrogen) atoms. The minimum absolute atomic E-state index is 0.0321. The predicted octanol–water partition coefficient (Wildman–Crippen LogP) is 0.812. The van der Waals surface area contributed by atoms with Crippen molar-refractivity contribution in [3.8, 4) is 17.2 Å². The third kappa shape index (κ3) is 1.47. The molecule has 0 unspecified atom stereocenters. The number of fused-ring (bicyclic) bond motifs is 1. The number of phenols is 1. The number of hydrogen-bond donors (Lipinski definition) is 4. The van der Waals surface area contributed by atoms with Gasteiger partial charge in [-0.2, -0.15) is 0 Å². The molecule has 7 atom stereocenters. The monoisotopic (exact) mass is 384 g/mol. The Balaban J connectivity index is 1.59. The lowest BCUT2D eigenvalue weighted by atomic mass is 9.76. The van der Waals surface area contributed by atoms with Crippen LogP contribution < -0.4 is 9.47 Å². The minimum atomic E-state index is -1.58. The number of hydrogen-bond acceptors (Lipinski definition) is 8. The average molecular weight is 384 g/mol. The highest BCUT2D eigenvalue weighted by Crippen LogP contribution is 2.67. The number of benzene rings is 2. The van der Waals surface area contributed by atoms with Gasteiger partial charge in [-0.05, 0) is 23.8 Å². The van der Waals surface area contributed by atoms with Gasteiger partial charge < -0.3 is 34.6 Å². The van der Waals surface area contributed by atoms with Gasteiger partial charge in [0.2, 0.25) is 0 Å². The Bertz CT molecular complexity index is 1070. The van der Waals surface area contributed by atoms with Gasteiger partial charge in [-0.15, -0.1) is 0 Å². The molecule has 2 aliphatic carbocycles. The fourth-order valence-corrected chi connectivity index (χ4v) is 5.30. The molecule has 3 heterocycles. The molecule has 4 N–H and O–H groups in total. The summed E-state index contributed by atoms with van der Waals surface area (Å²) in [6.45, 7) is 0. The molecule has 2 aromatic carbocycles.